The molecule has 0 nitrogen and oxygen atoms in total. The highest BCUT2D eigenvalue weighted by molar-refractivity contribution is 5.83. The van der Waals surface area contributed by atoms with Gasteiger partial charge in [-0.3, -0.25) is 0 Å². The Balaban J connectivity index is 2.74. The minimum absolute atomic E-state index is 1.11. The van der Waals surface area contributed by atoms with E-state index in [-0.39, 0.29) is 0 Å². The molecule has 0 saturated carbocycles. The molecule has 1 aromatic carbocycles. The monoisotopic (exact) mass is 184 g/mol. The molecule has 0 radical (unpaired) electrons. The van der Waals surface area contributed by atoms with Crippen LogP contribution in [0.1, 0.15) is 35.6 Å². The molecule has 2 rings (SSSR count). The molecule has 14 heavy (non-hydrogen) atoms. The zero-order valence-electron chi connectivity index (χ0n) is 8.98. The van der Waals surface area contributed by atoms with Gasteiger partial charge in [0, 0.05) is 0 Å². The van der Waals surface area contributed by atoms with E-state index in [0.29, 0.717) is 0 Å². The highest BCUT2D eigenvalue weighted by Gasteiger charge is 2.19. The van der Waals surface area contributed by atoms with E-state index in [1.165, 1.54) is 27.8 Å². The number of benzene rings is 1. The Morgan fingerprint density at radius 1 is 1.29 bits per heavy atom. The lowest BCUT2D eigenvalue weighted by Crippen LogP contribution is -1.93. The van der Waals surface area contributed by atoms with Crippen LogP contribution in [0.5, 0.6) is 0 Å². The SMILES string of the molecule is C=C(C)c1c(C)ccc2c1C(=C)CC2. The summed E-state index contributed by atoms with van der Waals surface area (Å²) in [6.45, 7) is 12.4. The summed E-state index contributed by atoms with van der Waals surface area (Å²) in [5.41, 5.74) is 7.89. The molecular formula is C14H16. The summed E-state index contributed by atoms with van der Waals surface area (Å²) in [7, 11) is 0. The highest BCUT2D eigenvalue weighted by Crippen LogP contribution is 2.37. The van der Waals surface area contributed by atoms with E-state index in [4.69, 9.17) is 0 Å². The van der Waals surface area contributed by atoms with Gasteiger partial charge in [0.1, 0.15) is 0 Å². The number of rotatable bonds is 1. The van der Waals surface area contributed by atoms with Gasteiger partial charge < -0.3 is 0 Å². The molecule has 0 saturated heterocycles. The first-order chi connectivity index (χ1) is 6.61. The lowest BCUT2D eigenvalue weighted by Gasteiger charge is -2.12. The van der Waals surface area contributed by atoms with Crippen molar-refractivity contribution in [3.05, 3.63) is 47.5 Å². The fourth-order valence-corrected chi connectivity index (χ4v) is 2.32. The third-order valence-electron chi connectivity index (χ3n) is 2.98. The summed E-state index contributed by atoms with van der Waals surface area (Å²) in [6.07, 6.45) is 2.26. The lowest BCUT2D eigenvalue weighted by molar-refractivity contribution is 1.08. The van der Waals surface area contributed by atoms with Crippen LogP contribution in [-0.4, -0.2) is 0 Å². The van der Waals surface area contributed by atoms with Crippen LogP contribution in [0.25, 0.3) is 11.1 Å². The van der Waals surface area contributed by atoms with Gasteiger partial charge in [-0.15, -0.1) is 0 Å². The molecule has 0 unspecified atom stereocenters. The van der Waals surface area contributed by atoms with Crippen molar-refractivity contribution in [2.75, 3.05) is 0 Å². The molecule has 1 aliphatic rings. The lowest BCUT2D eigenvalue weighted by atomic mass is 9.92. The molecule has 0 amide bonds. The Morgan fingerprint density at radius 3 is 2.64 bits per heavy atom. The predicted octanol–water partition coefficient (Wildman–Crippen LogP) is 3.99. The van der Waals surface area contributed by atoms with E-state index in [2.05, 4.69) is 39.1 Å². The van der Waals surface area contributed by atoms with Gasteiger partial charge in [-0.05, 0) is 54.5 Å². The van der Waals surface area contributed by atoms with Crippen LogP contribution in [0.3, 0.4) is 0 Å². The minimum Gasteiger partial charge on any atom is -0.0955 e. The molecule has 1 aliphatic carbocycles. The molecule has 0 fully saturated rings. The summed E-state index contributed by atoms with van der Waals surface area (Å²) in [4.78, 5) is 0. The van der Waals surface area contributed by atoms with Crippen LogP contribution in [0, 0.1) is 6.92 Å². The van der Waals surface area contributed by atoms with Crippen molar-refractivity contribution >= 4 is 11.1 Å². The Morgan fingerprint density at radius 2 is 2.00 bits per heavy atom. The van der Waals surface area contributed by atoms with E-state index in [1.807, 2.05) is 0 Å². The number of hydrogen-bond acceptors (Lipinski definition) is 0. The average Bonchev–Trinajstić information content (AvgIpc) is 2.47. The van der Waals surface area contributed by atoms with Crippen LogP contribution < -0.4 is 0 Å². The predicted molar refractivity (Wildman–Crippen MR) is 63.2 cm³/mol. The highest BCUT2D eigenvalue weighted by atomic mass is 14.2. The van der Waals surface area contributed by atoms with E-state index in [0.717, 1.165) is 18.4 Å². The fraction of sp³-hybridized carbons (Fsp3) is 0.286. The van der Waals surface area contributed by atoms with Gasteiger partial charge in [0.25, 0.3) is 0 Å². The van der Waals surface area contributed by atoms with Crippen molar-refractivity contribution < 1.29 is 0 Å². The van der Waals surface area contributed by atoms with Gasteiger partial charge in [0.05, 0.1) is 0 Å². The molecule has 0 heterocycles. The zero-order valence-corrected chi connectivity index (χ0v) is 8.98. The maximum absolute atomic E-state index is 4.14. The normalized spacial score (nSPS) is 14.3. The van der Waals surface area contributed by atoms with Gasteiger partial charge >= 0.3 is 0 Å². The van der Waals surface area contributed by atoms with Crippen LogP contribution in [-0.2, 0) is 6.42 Å². The van der Waals surface area contributed by atoms with Gasteiger partial charge in [-0.2, -0.15) is 0 Å². The van der Waals surface area contributed by atoms with Gasteiger partial charge in [0.15, 0.2) is 0 Å². The number of aryl methyl sites for hydroxylation is 2. The maximum atomic E-state index is 4.14. The second-order valence-corrected chi connectivity index (χ2v) is 4.18. The largest absolute Gasteiger partial charge is 0.0955 e. The minimum atomic E-state index is 1.11. The molecule has 0 spiro atoms. The topological polar surface area (TPSA) is 0 Å². The van der Waals surface area contributed by atoms with Gasteiger partial charge in [-0.25, -0.2) is 0 Å². The van der Waals surface area contributed by atoms with E-state index in [9.17, 15) is 0 Å². The summed E-state index contributed by atoms with van der Waals surface area (Å²) >= 11 is 0. The standard InChI is InChI=1S/C14H16/c1-9(2)13-10(3)5-7-12-8-6-11(4)14(12)13/h5,7H,1,4,6,8H2,2-3H3. The summed E-state index contributed by atoms with van der Waals surface area (Å²) in [6, 6.07) is 4.43. The first-order valence-corrected chi connectivity index (χ1v) is 5.07. The molecule has 0 bridgehead atoms. The average molecular weight is 184 g/mol. The number of fused-ring (bicyclic) bond motifs is 1. The third-order valence-corrected chi connectivity index (χ3v) is 2.98. The quantitative estimate of drug-likeness (QED) is 0.619. The molecular weight excluding hydrogens is 168 g/mol. The molecule has 1 aromatic rings. The van der Waals surface area contributed by atoms with E-state index < -0.39 is 0 Å². The summed E-state index contributed by atoms with van der Waals surface area (Å²) in [5.74, 6) is 0. The van der Waals surface area contributed by atoms with Crippen molar-refractivity contribution in [1.82, 2.24) is 0 Å². The van der Waals surface area contributed by atoms with Crippen molar-refractivity contribution in [3.63, 3.8) is 0 Å². The number of hydrogen-bond donors (Lipinski definition) is 0. The number of allylic oxidation sites excluding steroid dienone is 2. The molecule has 0 atom stereocenters. The molecule has 0 aliphatic heterocycles. The smallest absolute Gasteiger partial charge is 0.0120 e. The van der Waals surface area contributed by atoms with Crippen molar-refractivity contribution in [1.29, 1.82) is 0 Å². The van der Waals surface area contributed by atoms with Gasteiger partial charge in [-0.1, -0.05) is 30.9 Å². The van der Waals surface area contributed by atoms with Crippen molar-refractivity contribution in [2.45, 2.75) is 26.7 Å². The summed E-state index contributed by atoms with van der Waals surface area (Å²) in [5, 5.41) is 0. The van der Waals surface area contributed by atoms with Crippen LogP contribution in [0.2, 0.25) is 0 Å². The molecule has 0 N–H and O–H groups in total. The Bertz CT molecular complexity index is 422. The van der Waals surface area contributed by atoms with E-state index in [1.54, 1.807) is 0 Å². The Labute approximate surface area is 86.0 Å². The van der Waals surface area contributed by atoms with E-state index >= 15 is 0 Å². The van der Waals surface area contributed by atoms with Crippen molar-refractivity contribution in [3.8, 4) is 0 Å². The first-order valence-electron chi connectivity index (χ1n) is 5.07. The van der Waals surface area contributed by atoms with Gasteiger partial charge in [0.2, 0.25) is 0 Å². The molecule has 72 valence electrons. The Kier molecular flexibility index (Phi) is 2.07. The zero-order chi connectivity index (χ0) is 10.3. The van der Waals surface area contributed by atoms with Crippen molar-refractivity contribution in [2.24, 2.45) is 0 Å². The molecule has 0 heteroatoms. The Hall–Kier alpha value is -1.30. The van der Waals surface area contributed by atoms with Crippen LogP contribution >= 0.6 is 0 Å². The second-order valence-electron chi connectivity index (χ2n) is 4.18. The van der Waals surface area contributed by atoms with Crippen LogP contribution in [0.15, 0.2) is 25.3 Å². The first kappa shape index (κ1) is 9.26. The second kappa shape index (κ2) is 3.13. The maximum Gasteiger partial charge on any atom is -0.0120 e. The fourth-order valence-electron chi connectivity index (χ4n) is 2.32. The molecule has 0 aromatic heterocycles. The van der Waals surface area contributed by atoms with Crippen LogP contribution in [0.4, 0.5) is 0 Å². The third kappa shape index (κ3) is 1.22. The summed E-state index contributed by atoms with van der Waals surface area (Å²) < 4.78 is 0.